The molecule has 19 heavy (non-hydrogen) atoms. The lowest BCUT2D eigenvalue weighted by Crippen LogP contribution is -2.40. The summed E-state index contributed by atoms with van der Waals surface area (Å²) in [7, 11) is 0. The van der Waals surface area contributed by atoms with Crippen molar-refractivity contribution in [3.8, 4) is 0 Å². The molecule has 0 spiro atoms. The van der Waals surface area contributed by atoms with Crippen LogP contribution >= 0.6 is 0 Å². The average Bonchev–Trinajstić information content (AvgIpc) is 2.75. The van der Waals surface area contributed by atoms with Crippen molar-refractivity contribution in [3.63, 3.8) is 0 Å². The molecule has 2 fully saturated rings. The Morgan fingerprint density at radius 3 is 2.42 bits per heavy atom. The molecular formula is C15H25NO3. The molecule has 0 aromatic carbocycles. The largest absolute Gasteiger partial charge is 0.459 e. The van der Waals surface area contributed by atoms with E-state index in [9.17, 15) is 9.59 Å². The summed E-state index contributed by atoms with van der Waals surface area (Å²) >= 11 is 0. The summed E-state index contributed by atoms with van der Waals surface area (Å²) in [5, 5.41) is 2.68. The molecule has 1 atom stereocenters. The quantitative estimate of drug-likeness (QED) is 0.630. The van der Waals surface area contributed by atoms with Crippen LogP contribution in [0.1, 0.15) is 52.9 Å². The van der Waals surface area contributed by atoms with Crippen LogP contribution in [-0.2, 0) is 14.3 Å². The number of amides is 1. The molecule has 2 rings (SSSR count). The molecule has 1 N–H and O–H groups in total. The first-order valence-corrected chi connectivity index (χ1v) is 7.42. The minimum atomic E-state index is -0.584. The molecule has 1 aliphatic carbocycles. The van der Waals surface area contributed by atoms with Crippen LogP contribution < -0.4 is 5.32 Å². The Labute approximate surface area is 115 Å². The molecule has 0 radical (unpaired) electrons. The molecule has 0 bridgehead atoms. The molecule has 0 aromatic rings. The smallest absolute Gasteiger partial charge is 0.319 e. The molecule has 1 saturated carbocycles. The normalized spacial score (nSPS) is 35.3. The number of nitrogens with one attached hydrogen (secondary N) is 1. The van der Waals surface area contributed by atoms with Gasteiger partial charge in [-0.15, -0.1) is 0 Å². The maximum atomic E-state index is 12.1. The summed E-state index contributed by atoms with van der Waals surface area (Å²) in [5.41, 5.74) is -0.370. The second kappa shape index (κ2) is 5.51. The van der Waals surface area contributed by atoms with Crippen molar-refractivity contribution in [1.82, 2.24) is 5.32 Å². The highest BCUT2D eigenvalue weighted by molar-refractivity contribution is 5.99. The van der Waals surface area contributed by atoms with Crippen molar-refractivity contribution < 1.29 is 14.3 Å². The van der Waals surface area contributed by atoms with Crippen LogP contribution in [0.25, 0.3) is 0 Å². The van der Waals surface area contributed by atoms with E-state index in [2.05, 4.69) is 19.2 Å². The Morgan fingerprint density at radius 2 is 1.95 bits per heavy atom. The number of esters is 1. The van der Waals surface area contributed by atoms with E-state index in [1.165, 1.54) is 0 Å². The number of hydrogen-bond acceptors (Lipinski definition) is 3. The highest BCUT2D eigenvalue weighted by atomic mass is 16.6. The van der Waals surface area contributed by atoms with Crippen LogP contribution in [0.5, 0.6) is 0 Å². The molecule has 1 heterocycles. The van der Waals surface area contributed by atoms with Crippen molar-refractivity contribution >= 4 is 11.9 Å². The van der Waals surface area contributed by atoms with E-state index in [1.54, 1.807) is 0 Å². The standard InChI is InChI=1S/C15H25NO3/c1-10(2)11-4-7-15(3,8-5-11)19-14(18)12-6-9-16-13(12)17/h10-12H,4-9H2,1-3H3,(H,16,17). The van der Waals surface area contributed by atoms with Crippen LogP contribution in [0.15, 0.2) is 0 Å². The Hall–Kier alpha value is -1.06. The summed E-state index contributed by atoms with van der Waals surface area (Å²) < 4.78 is 5.66. The van der Waals surface area contributed by atoms with Crippen LogP contribution in [0.3, 0.4) is 0 Å². The zero-order chi connectivity index (χ0) is 14.0. The topological polar surface area (TPSA) is 55.4 Å². The first-order chi connectivity index (χ1) is 8.91. The predicted octanol–water partition coefficient (Wildman–Crippen LogP) is 2.27. The van der Waals surface area contributed by atoms with Gasteiger partial charge in [-0.25, -0.2) is 0 Å². The second-order valence-corrected chi connectivity index (χ2v) is 6.58. The Balaban J connectivity index is 1.88. The summed E-state index contributed by atoms with van der Waals surface area (Å²) in [5.74, 6) is 0.340. The van der Waals surface area contributed by atoms with Gasteiger partial charge in [0.15, 0.2) is 0 Å². The van der Waals surface area contributed by atoms with Gasteiger partial charge < -0.3 is 10.1 Å². The maximum Gasteiger partial charge on any atom is 0.319 e. The molecule has 1 aliphatic heterocycles. The summed E-state index contributed by atoms with van der Waals surface area (Å²) in [6.07, 6.45) is 4.62. The lowest BCUT2D eigenvalue weighted by atomic mass is 9.75. The van der Waals surface area contributed by atoms with Crippen LogP contribution in [0, 0.1) is 17.8 Å². The predicted molar refractivity (Wildman–Crippen MR) is 72.4 cm³/mol. The van der Waals surface area contributed by atoms with Crippen molar-refractivity contribution in [2.24, 2.45) is 17.8 Å². The zero-order valence-corrected chi connectivity index (χ0v) is 12.2. The van der Waals surface area contributed by atoms with Crippen molar-refractivity contribution in [2.75, 3.05) is 6.54 Å². The van der Waals surface area contributed by atoms with Gasteiger partial charge in [-0.3, -0.25) is 9.59 Å². The van der Waals surface area contributed by atoms with Crippen LogP contribution in [0.4, 0.5) is 0 Å². The molecular weight excluding hydrogens is 242 g/mol. The van der Waals surface area contributed by atoms with Gasteiger partial charge in [-0.2, -0.15) is 0 Å². The van der Waals surface area contributed by atoms with E-state index in [4.69, 9.17) is 4.74 Å². The van der Waals surface area contributed by atoms with E-state index < -0.39 is 5.92 Å². The van der Waals surface area contributed by atoms with Gasteiger partial charge in [0.25, 0.3) is 0 Å². The lowest BCUT2D eigenvalue weighted by molar-refractivity contribution is -0.168. The highest BCUT2D eigenvalue weighted by Crippen LogP contribution is 2.38. The fourth-order valence-electron chi connectivity index (χ4n) is 3.15. The number of carbonyl (C=O) groups excluding carboxylic acids is 2. The molecule has 108 valence electrons. The number of hydrogen-bond donors (Lipinski definition) is 1. The third-order valence-electron chi connectivity index (χ3n) is 4.71. The van der Waals surface area contributed by atoms with Gasteiger partial charge in [0, 0.05) is 6.54 Å². The van der Waals surface area contributed by atoms with Gasteiger partial charge in [-0.1, -0.05) is 13.8 Å². The third-order valence-corrected chi connectivity index (χ3v) is 4.71. The maximum absolute atomic E-state index is 12.1. The number of carbonyl (C=O) groups is 2. The van der Waals surface area contributed by atoms with E-state index in [0.29, 0.717) is 18.9 Å². The molecule has 4 nitrogen and oxygen atoms in total. The minimum Gasteiger partial charge on any atom is -0.459 e. The van der Waals surface area contributed by atoms with Gasteiger partial charge in [-0.05, 0) is 50.9 Å². The highest BCUT2D eigenvalue weighted by Gasteiger charge is 2.39. The van der Waals surface area contributed by atoms with E-state index >= 15 is 0 Å². The zero-order valence-electron chi connectivity index (χ0n) is 12.2. The van der Waals surface area contributed by atoms with Gasteiger partial charge in [0.05, 0.1) is 0 Å². The van der Waals surface area contributed by atoms with Crippen LogP contribution in [0.2, 0.25) is 0 Å². The summed E-state index contributed by atoms with van der Waals surface area (Å²) in [6.45, 7) is 7.10. The fraction of sp³-hybridized carbons (Fsp3) is 0.867. The Bertz CT molecular complexity index is 356. The van der Waals surface area contributed by atoms with Crippen molar-refractivity contribution in [2.45, 2.75) is 58.5 Å². The molecule has 0 aromatic heterocycles. The third kappa shape index (κ3) is 3.28. The van der Waals surface area contributed by atoms with E-state index in [0.717, 1.165) is 31.6 Å². The van der Waals surface area contributed by atoms with Gasteiger partial charge >= 0.3 is 5.97 Å². The Morgan fingerprint density at radius 1 is 1.32 bits per heavy atom. The molecule has 1 unspecified atom stereocenters. The average molecular weight is 267 g/mol. The number of rotatable bonds is 3. The van der Waals surface area contributed by atoms with Crippen molar-refractivity contribution in [3.05, 3.63) is 0 Å². The molecule has 2 aliphatic rings. The lowest BCUT2D eigenvalue weighted by Gasteiger charge is -2.38. The molecule has 1 amide bonds. The van der Waals surface area contributed by atoms with Gasteiger partial charge in [0.1, 0.15) is 11.5 Å². The van der Waals surface area contributed by atoms with E-state index in [1.807, 2.05) is 6.92 Å². The molecule has 4 heteroatoms. The fourth-order valence-corrected chi connectivity index (χ4v) is 3.15. The SMILES string of the molecule is CC(C)C1CCC(C)(OC(=O)C2CCNC2=O)CC1. The van der Waals surface area contributed by atoms with Crippen molar-refractivity contribution in [1.29, 1.82) is 0 Å². The minimum absolute atomic E-state index is 0.176. The first-order valence-electron chi connectivity index (χ1n) is 7.42. The summed E-state index contributed by atoms with van der Waals surface area (Å²) in [4.78, 5) is 23.6. The van der Waals surface area contributed by atoms with Crippen LogP contribution in [-0.4, -0.2) is 24.0 Å². The molecule has 1 saturated heterocycles. The number of ether oxygens (including phenoxy) is 1. The van der Waals surface area contributed by atoms with E-state index in [-0.39, 0.29) is 17.5 Å². The Kier molecular flexibility index (Phi) is 4.16. The monoisotopic (exact) mass is 267 g/mol. The second-order valence-electron chi connectivity index (χ2n) is 6.58. The first kappa shape index (κ1) is 14.4. The summed E-state index contributed by atoms with van der Waals surface area (Å²) in [6, 6.07) is 0. The van der Waals surface area contributed by atoms with Gasteiger partial charge in [0.2, 0.25) is 5.91 Å².